The molecule has 1 amide bonds. The van der Waals surface area contributed by atoms with Crippen LogP contribution in [0.3, 0.4) is 0 Å². The molecule has 1 saturated heterocycles. The molecule has 1 aromatic carbocycles. The zero-order valence-electron chi connectivity index (χ0n) is 14.3. The van der Waals surface area contributed by atoms with Crippen LogP contribution < -0.4 is 5.32 Å². The van der Waals surface area contributed by atoms with Gasteiger partial charge in [0.25, 0.3) is 5.91 Å². The highest BCUT2D eigenvalue weighted by molar-refractivity contribution is 5.91. The maximum Gasteiger partial charge on any atom is 0.273 e. The third kappa shape index (κ3) is 5.37. The van der Waals surface area contributed by atoms with Crippen LogP contribution in [0.4, 0.5) is 0 Å². The zero-order valence-corrected chi connectivity index (χ0v) is 14.3. The van der Waals surface area contributed by atoms with Gasteiger partial charge in [-0.05, 0) is 31.4 Å². The quantitative estimate of drug-likeness (QED) is 0.730. The summed E-state index contributed by atoms with van der Waals surface area (Å²) < 4.78 is 1.67. The van der Waals surface area contributed by atoms with Gasteiger partial charge in [-0.2, -0.15) is 0 Å². The van der Waals surface area contributed by atoms with Gasteiger partial charge in [-0.3, -0.25) is 4.79 Å². The van der Waals surface area contributed by atoms with E-state index < -0.39 is 0 Å². The highest BCUT2D eigenvalue weighted by Gasteiger charge is 2.16. The molecule has 0 atom stereocenters. The monoisotopic (exact) mass is 343 g/mol. The second-order valence-corrected chi connectivity index (χ2v) is 6.47. The first-order valence-electron chi connectivity index (χ1n) is 8.83. The summed E-state index contributed by atoms with van der Waals surface area (Å²) in [6, 6.07) is 9.95. The number of aliphatic hydroxyl groups is 1. The first-order valence-corrected chi connectivity index (χ1v) is 8.83. The zero-order chi connectivity index (χ0) is 17.5. The van der Waals surface area contributed by atoms with Gasteiger partial charge in [-0.1, -0.05) is 35.5 Å². The van der Waals surface area contributed by atoms with Crippen LogP contribution in [0, 0.1) is 0 Å². The van der Waals surface area contributed by atoms with Crippen LogP contribution in [-0.4, -0.2) is 63.2 Å². The number of likely N-dealkylation sites (tertiary alicyclic amines) is 1. The number of amides is 1. The minimum Gasteiger partial charge on any atom is -0.393 e. The van der Waals surface area contributed by atoms with E-state index in [1.54, 1.807) is 10.9 Å². The minimum absolute atomic E-state index is 0.144. The molecule has 7 heteroatoms. The van der Waals surface area contributed by atoms with E-state index in [-0.39, 0.29) is 12.0 Å². The van der Waals surface area contributed by atoms with Crippen LogP contribution in [0.1, 0.15) is 35.3 Å². The second-order valence-electron chi connectivity index (χ2n) is 6.47. The lowest BCUT2D eigenvalue weighted by atomic mass is 10.1. The Morgan fingerprint density at radius 3 is 2.76 bits per heavy atom. The third-order valence-corrected chi connectivity index (χ3v) is 4.45. The molecule has 1 aliphatic heterocycles. The van der Waals surface area contributed by atoms with Crippen LogP contribution in [0.25, 0.3) is 0 Å². The molecule has 134 valence electrons. The largest absolute Gasteiger partial charge is 0.393 e. The van der Waals surface area contributed by atoms with Crippen molar-refractivity contribution < 1.29 is 9.90 Å². The molecule has 2 heterocycles. The molecular weight excluding hydrogens is 318 g/mol. The maximum absolute atomic E-state index is 12.1. The van der Waals surface area contributed by atoms with Crippen LogP contribution in [0.15, 0.2) is 36.5 Å². The Bertz CT molecular complexity index is 665. The molecule has 2 N–H and O–H groups in total. The number of carbonyl (C=O) groups excluding carboxylic acids is 1. The Morgan fingerprint density at radius 1 is 1.24 bits per heavy atom. The van der Waals surface area contributed by atoms with Crippen LogP contribution in [0.5, 0.6) is 0 Å². The van der Waals surface area contributed by atoms with E-state index >= 15 is 0 Å². The molecule has 1 aromatic heterocycles. The number of rotatable bonds is 7. The average molecular weight is 343 g/mol. The number of nitrogens with one attached hydrogen (secondary N) is 1. The third-order valence-electron chi connectivity index (χ3n) is 4.45. The molecule has 0 saturated carbocycles. The van der Waals surface area contributed by atoms with E-state index in [0.717, 1.165) is 44.5 Å². The number of carbonyl (C=O) groups is 1. The summed E-state index contributed by atoms with van der Waals surface area (Å²) in [4.78, 5) is 14.5. The number of aliphatic hydroxyl groups excluding tert-OH is 1. The van der Waals surface area contributed by atoms with Crippen molar-refractivity contribution in [1.29, 1.82) is 0 Å². The Kier molecular flexibility index (Phi) is 6.14. The normalized spacial score (nSPS) is 16.0. The van der Waals surface area contributed by atoms with E-state index in [1.807, 2.05) is 30.3 Å². The van der Waals surface area contributed by atoms with Crippen molar-refractivity contribution in [3.05, 3.63) is 47.8 Å². The van der Waals surface area contributed by atoms with Crippen LogP contribution in [-0.2, 0) is 6.54 Å². The molecular formula is C18H25N5O2. The molecule has 0 unspecified atom stereocenters. The van der Waals surface area contributed by atoms with Gasteiger partial charge in [0.15, 0.2) is 5.69 Å². The lowest BCUT2D eigenvalue weighted by molar-refractivity contribution is 0.0816. The number of aromatic nitrogens is 3. The van der Waals surface area contributed by atoms with E-state index in [1.165, 1.54) is 0 Å². The Balaban J connectivity index is 1.38. The van der Waals surface area contributed by atoms with E-state index in [9.17, 15) is 9.90 Å². The number of benzene rings is 1. The predicted octanol–water partition coefficient (Wildman–Crippen LogP) is 0.903. The first-order chi connectivity index (χ1) is 12.2. The van der Waals surface area contributed by atoms with Gasteiger partial charge in [-0.15, -0.1) is 5.10 Å². The van der Waals surface area contributed by atoms with Gasteiger partial charge in [0, 0.05) is 19.6 Å². The van der Waals surface area contributed by atoms with E-state index in [2.05, 4.69) is 20.5 Å². The summed E-state index contributed by atoms with van der Waals surface area (Å²) in [5, 5.41) is 20.4. The molecule has 0 bridgehead atoms. The minimum atomic E-state index is -0.187. The summed E-state index contributed by atoms with van der Waals surface area (Å²) in [6.45, 7) is 4.02. The standard InChI is InChI=1S/C18H25N5O2/c24-16-7-11-22(12-8-16)10-4-9-19-18(25)17-14-23(21-20-17)13-15-5-2-1-3-6-15/h1-3,5-6,14,16,24H,4,7-13H2,(H,19,25). The molecule has 1 fully saturated rings. The Hall–Kier alpha value is -2.25. The van der Waals surface area contributed by atoms with Crippen molar-refractivity contribution in [3.63, 3.8) is 0 Å². The van der Waals surface area contributed by atoms with Crippen molar-refractivity contribution in [2.75, 3.05) is 26.2 Å². The highest BCUT2D eigenvalue weighted by Crippen LogP contribution is 2.09. The number of hydrogen-bond acceptors (Lipinski definition) is 5. The smallest absolute Gasteiger partial charge is 0.273 e. The van der Waals surface area contributed by atoms with Gasteiger partial charge in [-0.25, -0.2) is 4.68 Å². The lowest BCUT2D eigenvalue weighted by Crippen LogP contribution is -2.37. The molecule has 2 aromatic rings. The number of nitrogens with zero attached hydrogens (tertiary/aromatic N) is 4. The summed E-state index contributed by atoms with van der Waals surface area (Å²) in [5.41, 5.74) is 1.46. The van der Waals surface area contributed by atoms with Gasteiger partial charge in [0.1, 0.15) is 0 Å². The van der Waals surface area contributed by atoms with E-state index in [4.69, 9.17) is 0 Å². The summed E-state index contributed by atoms with van der Waals surface area (Å²) >= 11 is 0. The van der Waals surface area contributed by atoms with Crippen molar-refractivity contribution in [2.24, 2.45) is 0 Å². The fourth-order valence-electron chi connectivity index (χ4n) is 2.99. The van der Waals surface area contributed by atoms with Crippen molar-refractivity contribution in [3.8, 4) is 0 Å². The molecule has 3 rings (SSSR count). The Labute approximate surface area is 147 Å². The van der Waals surface area contributed by atoms with Gasteiger partial charge >= 0.3 is 0 Å². The highest BCUT2D eigenvalue weighted by atomic mass is 16.3. The molecule has 25 heavy (non-hydrogen) atoms. The van der Waals surface area contributed by atoms with Crippen molar-refractivity contribution >= 4 is 5.91 Å². The molecule has 0 aliphatic carbocycles. The fraction of sp³-hybridized carbons (Fsp3) is 0.500. The maximum atomic E-state index is 12.1. The predicted molar refractivity (Wildman–Crippen MR) is 94.2 cm³/mol. The summed E-state index contributed by atoms with van der Waals surface area (Å²) in [6.07, 6.45) is 4.11. The van der Waals surface area contributed by atoms with Gasteiger partial charge in [0.05, 0.1) is 18.8 Å². The number of hydrogen-bond donors (Lipinski definition) is 2. The fourth-order valence-corrected chi connectivity index (χ4v) is 2.99. The van der Waals surface area contributed by atoms with Crippen molar-refractivity contribution in [1.82, 2.24) is 25.2 Å². The van der Waals surface area contributed by atoms with E-state index in [0.29, 0.717) is 18.8 Å². The topological polar surface area (TPSA) is 83.3 Å². The van der Waals surface area contributed by atoms with Gasteiger partial charge in [0.2, 0.25) is 0 Å². The number of piperidine rings is 1. The molecule has 0 radical (unpaired) electrons. The summed E-state index contributed by atoms with van der Waals surface area (Å²) in [7, 11) is 0. The molecule has 1 aliphatic rings. The van der Waals surface area contributed by atoms with Crippen LogP contribution in [0.2, 0.25) is 0 Å². The Morgan fingerprint density at radius 2 is 2.00 bits per heavy atom. The molecule has 7 nitrogen and oxygen atoms in total. The summed E-state index contributed by atoms with van der Waals surface area (Å²) in [5.74, 6) is -0.187. The second kappa shape index (κ2) is 8.73. The van der Waals surface area contributed by atoms with Gasteiger partial charge < -0.3 is 15.3 Å². The van der Waals surface area contributed by atoms with Crippen LogP contribution >= 0.6 is 0 Å². The van der Waals surface area contributed by atoms with Crippen molar-refractivity contribution in [2.45, 2.75) is 31.9 Å². The first kappa shape index (κ1) is 17.6. The molecule has 0 spiro atoms. The lowest BCUT2D eigenvalue weighted by Gasteiger charge is -2.29. The SMILES string of the molecule is O=C(NCCCN1CCC(O)CC1)c1cn(Cc2ccccc2)nn1. The average Bonchev–Trinajstić information content (AvgIpc) is 3.09.